The van der Waals surface area contributed by atoms with Crippen LogP contribution in [-0.4, -0.2) is 28.9 Å². The number of fused-ring (bicyclic) bond motifs is 1. The molecule has 19 heavy (non-hydrogen) atoms. The molecule has 0 fully saturated rings. The van der Waals surface area contributed by atoms with Crippen LogP contribution in [0.15, 0.2) is 29.2 Å². The third-order valence-corrected chi connectivity index (χ3v) is 4.63. The second kappa shape index (κ2) is 5.97. The molecule has 0 bridgehead atoms. The van der Waals surface area contributed by atoms with Crippen molar-refractivity contribution in [2.45, 2.75) is 43.1 Å². The SMILES string of the molecule is CCCC(C)(O)CNC(=O)C1CSc2ccccc21. The molecule has 0 spiro atoms. The van der Waals surface area contributed by atoms with Crippen LogP contribution in [0, 0.1) is 0 Å². The number of nitrogens with one attached hydrogen (secondary N) is 1. The van der Waals surface area contributed by atoms with Crippen molar-refractivity contribution in [1.82, 2.24) is 5.32 Å². The number of hydrogen-bond acceptors (Lipinski definition) is 3. The minimum Gasteiger partial charge on any atom is -0.388 e. The molecule has 1 heterocycles. The quantitative estimate of drug-likeness (QED) is 0.871. The van der Waals surface area contributed by atoms with Crippen LogP contribution in [-0.2, 0) is 4.79 Å². The molecule has 104 valence electrons. The van der Waals surface area contributed by atoms with Gasteiger partial charge in [-0.3, -0.25) is 4.79 Å². The Hall–Kier alpha value is -1.00. The summed E-state index contributed by atoms with van der Waals surface area (Å²) in [5, 5.41) is 13.0. The lowest BCUT2D eigenvalue weighted by atomic mass is 9.98. The van der Waals surface area contributed by atoms with Gasteiger partial charge in [-0.05, 0) is 25.0 Å². The first kappa shape index (κ1) is 14.4. The smallest absolute Gasteiger partial charge is 0.228 e. The summed E-state index contributed by atoms with van der Waals surface area (Å²) in [6, 6.07) is 8.04. The molecule has 1 aromatic rings. The van der Waals surface area contributed by atoms with E-state index in [0.717, 1.165) is 17.7 Å². The summed E-state index contributed by atoms with van der Waals surface area (Å²) >= 11 is 1.72. The van der Waals surface area contributed by atoms with Gasteiger partial charge in [0, 0.05) is 17.2 Å². The topological polar surface area (TPSA) is 49.3 Å². The van der Waals surface area contributed by atoms with Gasteiger partial charge in [0.25, 0.3) is 0 Å². The third-order valence-electron chi connectivity index (χ3n) is 3.45. The van der Waals surface area contributed by atoms with Gasteiger partial charge >= 0.3 is 0 Å². The zero-order chi connectivity index (χ0) is 13.9. The first-order valence-electron chi connectivity index (χ1n) is 6.75. The summed E-state index contributed by atoms with van der Waals surface area (Å²) < 4.78 is 0. The van der Waals surface area contributed by atoms with E-state index in [1.54, 1.807) is 18.7 Å². The van der Waals surface area contributed by atoms with Crippen molar-refractivity contribution in [3.8, 4) is 0 Å². The maximum atomic E-state index is 12.2. The third kappa shape index (κ3) is 3.51. The molecule has 2 N–H and O–H groups in total. The molecule has 0 saturated carbocycles. The number of benzene rings is 1. The fourth-order valence-corrected chi connectivity index (χ4v) is 3.64. The molecular formula is C15H21NO2S. The predicted molar refractivity (Wildman–Crippen MR) is 78.4 cm³/mol. The van der Waals surface area contributed by atoms with Crippen molar-refractivity contribution in [3.63, 3.8) is 0 Å². The van der Waals surface area contributed by atoms with E-state index in [1.807, 2.05) is 25.1 Å². The number of carbonyl (C=O) groups excluding carboxylic acids is 1. The minimum absolute atomic E-state index is 0.0221. The standard InChI is InChI=1S/C15H21NO2S/c1-3-8-15(2,18)10-16-14(17)12-9-19-13-7-5-4-6-11(12)13/h4-7,12,18H,3,8-10H2,1-2H3,(H,16,17). The van der Waals surface area contributed by atoms with E-state index in [4.69, 9.17) is 0 Å². The Labute approximate surface area is 118 Å². The van der Waals surface area contributed by atoms with Gasteiger partial charge in [-0.1, -0.05) is 31.5 Å². The van der Waals surface area contributed by atoms with Gasteiger partial charge in [0.1, 0.15) is 0 Å². The van der Waals surface area contributed by atoms with E-state index in [1.165, 1.54) is 4.90 Å². The predicted octanol–water partition coefficient (Wildman–Crippen LogP) is 2.54. The molecule has 2 rings (SSSR count). The van der Waals surface area contributed by atoms with E-state index < -0.39 is 5.60 Å². The van der Waals surface area contributed by atoms with Gasteiger partial charge in [0.2, 0.25) is 5.91 Å². The van der Waals surface area contributed by atoms with Gasteiger partial charge in [-0.25, -0.2) is 0 Å². The average molecular weight is 279 g/mol. The molecule has 1 amide bonds. The van der Waals surface area contributed by atoms with Gasteiger partial charge in [-0.2, -0.15) is 0 Å². The average Bonchev–Trinajstić information content (AvgIpc) is 2.80. The van der Waals surface area contributed by atoms with Crippen molar-refractivity contribution >= 4 is 17.7 Å². The number of amides is 1. The Morgan fingerprint density at radius 2 is 2.26 bits per heavy atom. The van der Waals surface area contributed by atoms with E-state index in [2.05, 4.69) is 11.4 Å². The summed E-state index contributed by atoms with van der Waals surface area (Å²) in [5.74, 6) is 0.730. The zero-order valence-corrected chi connectivity index (χ0v) is 12.3. The van der Waals surface area contributed by atoms with Crippen molar-refractivity contribution < 1.29 is 9.90 Å². The molecule has 0 aliphatic carbocycles. The Balaban J connectivity index is 1.95. The Morgan fingerprint density at radius 1 is 1.53 bits per heavy atom. The summed E-state index contributed by atoms with van der Waals surface area (Å²) in [6.07, 6.45) is 1.61. The van der Waals surface area contributed by atoms with Crippen LogP contribution >= 0.6 is 11.8 Å². The number of aliphatic hydroxyl groups is 1. The molecular weight excluding hydrogens is 258 g/mol. The summed E-state index contributed by atoms with van der Waals surface area (Å²) in [4.78, 5) is 13.4. The monoisotopic (exact) mass is 279 g/mol. The highest BCUT2D eigenvalue weighted by atomic mass is 32.2. The van der Waals surface area contributed by atoms with Crippen LogP contribution < -0.4 is 5.32 Å². The lowest BCUT2D eigenvalue weighted by Gasteiger charge is -2.24. The Kier molecular flexibility index (Phi) is 4.53. The fraction of sp³-hybridized carbons (Fsp3) is 0.533. The van der Waals surface area contributed by atoms with Crippen LogP contribution in [0.1, 0.15) is 38.2 Å². The minimum atomic E-state index is -0.810. The summed E-state index contributed by atoms with van der Waals surface area (Å²) in [6.45, 7) is 4.12. The highest BCUT2D eigenvalue weighted by molar-refractivity contribution is 7.99. The largest absolute Gasteiger partial charge is 0.388 e. The first-order chi connectivity index (χ1) is 9.03. The second-order valence-electron chi connectivity index (χ2n) is 5.37. The molecule has 1 aliphatic heterocycles. The molecule has 1 aromatic carbocycles. The van der Waals surface area contributed by atoms with E-state index in [0.29, 0.717) is 13.0 Å². The van der Waals surface area contributed by atoms with Crippen LogP contribution in [0.5, 0.6) is 0 Å². The van der Waals surface area contributed by atoms with E-state index in [-0.39, 0.29) is 11.8 Å². The Morgan fingerprint density at radius 3 is 3.00 bits per heavy atom. The highest BCUT2D eigenvalue weighted by Gasteiger charge is 2.30. The molecule has 2 unspecified atom stereocenters. The van der Waals surface area contributed by atoms with Crippen LogP contribution in [0.25, 0.3) is 0 Å². The maximum Gasteiger partial charge on any atom is 0.228 e. The van der Waals surface area contributed by atoms with Crippen LogP contribution in [0.2, 0.25) is 0 Å². The van der Waals surface area contributed by atoms with E-state index in [9.17, 15) is 9.90 Å². The fourth-order valence-electron chi connectivity index (χ4n) is 2.41. The molecule has 4 heteroatoms. The van der Waals surface area contributed by atoms with Crippen LogP contribution in [0.4, 0.5) is 0 Å². The van der Waals surface area contributed by atoms with Crippen LogP contribution in [0.3, 0.4) is 0 Å². The second-order valence-corrected chi connectivity index (χ2v) is 6.43. The molecule has 0 saturated heterocycles. The molecule has 0 radical (unpaired) electrons. The number of carbonyl (C=O) groups is 1. The van der Waals surface area contributed by atoms with Crippen molar-refractivity contribution in [3.05, 3.63) is 29.8 Å². The van der Waals surface area contributed by atoms with Gasteiger partial charge in [-0.15, -0.1) is 11.8 Å². The normalized spacial score (nSPS) is 20.7. The lowest BCUT2D eigenvalue weighted by Crippen LogP contribution is -2.42. The van der Waals surface area contributed by atoms with Crippen molar-refractivity contribution in [2.75, 3.05) is 12.3 Å². The van der Waals surface area contributed by atoms with E-state index >= 15 is 0 Å². The molecule has 2 atom stereocenters. The molecule has 1 aliphatic rings. The van der Waals surface area contributed by atoms with Gasteiger partial charge in [0.05, 0.1) is 11.5 Å². The maximum absolute atomic E-state index is 12.2. The first-order valence-corrected chi connectivity index (χ1v) is 7.74. The Bertz CT molecular complexity index is 459. The highest BCUT2D eigenvalue weighted by Crippen LogP contribution is 2.39. The zero-order valence-electron chi connectivity index (χ0n) is 11.5. The van der Waals surface area contributed by atoms with Gasteiger partial charge in [0.15, 0.2) is 0 Å². The van der Waals surface area contributed by atoms with Crippen molar-refractivity contribution in [1.29, 1.82) is 0 Å². The molecule has 3 nitrogen and oxygen atoms in total. The van der Waals surface area contributed by atoms with Crippen molar-refractivity contribution in [2.24, 2.45) is 0 Å². The molecule has 0 aromatic heterocycles. The summed E-state index contributed by atoms with van der Waals surface area (Å²) in [7, 11) is 0. The van der Waals surface area contributed by atoms with Gasteiger partial charge < -0.3 is 10.4 Å². The lowest BCUT2D eigenvalue weighted by molar-refractivity contribution is -0.123. The number of hydrogen-bond donors (Lipinski definition) is 2. The number of rotatable bonds is 5. The number of thioether (sulfide) groups is 1. The summed E-state index contributed by atoms with van der Waals surface area (Å²) in [5.41, 5.74) is 0.301.